The molecule has 0 atom stereocenters. The summed E-state index contributed by atoms with van der Waals surface area (Å²) in [6, 6.07) is 2.28. The third-order valence-electron chi connectivity index (χ3n) is 2.23. The van der Waals surface area contributed by atoms with Gasteiger partial charge in [0.2, 0.25) is 0 Å². The minimum Gasteiger partial charge on any atom is -0.259 e. The smallest absolute Gasteiger partial charge is 0.114 e. The van der Waals surface area contributed by atoms with Crippen LogP contribution < -0.4 is 0 Å². The van der Waals surface area contributed by atoms with Crippen molar-refractivity contribution < 1.29 is 0 Å². The molecule has 0 amide bonds. The van der Waals surface area contributed by atoms with Crippen LogP contribution in [0.4, 0.5) is 0 Å². The Labute approximate surface area is 105 Å². The van der Waals surface area contributed by atoms with Crippen molar-refractivity contribution in [2.24, 2.45) is 0 Å². The zero-order valence-corrected chi connectivity index (χ0v) is 11.9. The zero-order valence-electron chi connectivity index (χ0n) is 8.75. The van der Waals surface area contributed by atoms with E-state index in [1.54, 1.807) is 0 Å². The van der Waals surface area contributed by atoms with Crippen LogP contribution in [0.3, 0.4) is 0 Å². The van der Waals surface area contributed by atoms with Crippen LogP contribution in [0.25, 0.3) is 11.0 Å². The Hall–Kier alpha value is -0.420. The number of pyridine rings is 1. The Balaban J connectivity index is 2.87. The van der Waals surface area contributed by atoms with Gasteiger partial charge in [0.25, 0.3) is 0 Å². The van der Waals surface area contributed by atoms with Crippen molar-refractivity contribution in [3.05, 3.63) is 20.8 Å². The maximum absolute atomic E-state index is 4.49. The molecule has 0 N–H and O–H groups in total. The fourth-order valence-corrected chi connectivity index (χ4v) is 2.88. The molecule has 0 aliphatic carbocycles. The largest absolute Gasteiger partial charge is 0.259 e. The predicted molar refractivity (Wildman–Crippen MR) is 68.1 cm³/mol. The number of hydrogen-bond acceptors (Lipinski definition) is 2. The topological polar surface area (TPSA) is 30.7 Å². The van der Waals surface area contributed by atoms with E-state index in [2.05, 4.69) is 55.8 Å². The first kappa shape index (κ1) is 11.1. The van der Waals surface area contributed by atoms with Gasteiger partial charge in [0.15, 0.2) is 0 Å². The number of hydrogen-bond donors (Lipinski definition) is 0. The number of aryl methyl sites for hydroxylation is 1. The van der Waals surface area contributed by atoms with Crippen LogP contribution in [0.2, 0.25) is 0 Å². The van der Waals surface area contributed by atoms with Gasteiger partial charge in [-0.3, -0.25) is 4.68 Å². The number of aromatic nitrogens is 3. The third-order valence-corrected chi connectivity index (χ3v) is 3.24. The summed E-state index contributed by atoms with van der Waals surface area (Å²) in [5.41, 5.74) is 2.97. The molecule has 3 nitrogen and oxygen atoms in total. The van der Waals surface area contributed by atoms with Gasteiger partial charge in [-0.25, -0.2) is 4.98 Å². The van der Waals surface area contributed by atoms with Crippen LogP contribution >= 0.6 is 31.9 Å². The van der Waals surface area contributed by atoms with Crippen molar-refractivity contribution in [1.29, 1.82) is 0 Å². The molecule has 2 aromatic rings. The van der Waals surface area contributed by atoms with Crippen LogP contribution in [-0.4, -0.2) is 14.8 Å². The van der Waals surface area contributed by atoms with E-state index >= 15 is 0 Å². The van der Waals surface area contributed by atoms with E-state index in [1.165, 1.54) is 0 Å². The lowest BCUT2D eigenvalue weighted by atomic mass is 10.3. The van der Waals surface area contributed by atoms with Crippen molar-refractivity contribution in [3.63, 3.8) is 0 Å². The normalized spacial score (nSPS) is 11.6. The van der Waals surface area contributed by atoms with Crippen molar-refractivity contribution in [1.82, 2.24) is 14.8 Å². The molecule has 0 saturated heterocycles. The first-order valence-electron chi connectivity index (χ1n) is 4.71. The van der Waals surface area contributed by atoms with Gasteiger partial charge in [-0.15, -0.1) is 0 Å². The van der Waals surface area contributed by atoms with Gasteiger partial charge in [0, 0.05) is 10.5 Å². The highest BCUT2D eigenvalue weighted by Gasteiger charge is 2.14. The molecule has 0 aromatic carbocycles. The quantitative estimate of drug-likeness (QED) is 0.743. The van der Waals surface area contributed by atoms with Gasteiger partial charge < -0.3 is 0 Å². The molecule has 0 bridgehead atoms. The molecule has 0 unspecified atom stereocenters. The molecular weight excluding hydrogens is 322 g/mol. The molecule has 0 saturated carbocycles. The molecule has 80 valence electrons. The van der Waals surface area contributed by atoms with Crippen molar-refractivity contribution >= 4 is 42.9 Å². The second kappa shape index (κ2) is 3.87. The summed E-state index contributed by atoms with van der Waals surface area (Å²) >= 11 is 6.93. The Bertz CT molecular complexity index is 517. The minimum atomic E-state index is 0.334. The minimum absolute atomic E-state index is 0.334. The summed E-state index contributed by atoms with van der Waals surface area (Å²) in [6.07, 6.45) is 0. The molecule has 15 heavy (non-hydrogen) atoms. The fraction of sp³-hybridized carbons (Fsp3) is 0.400. The summed E-state index contributed by atoms with van der Waals surface area (Å²) in [7, 11) is 0. The van der Waals surface area contributed by atoms with Gasteiger partial charge in [-0.2, -0.15) is 5.10 Å². The molecule has 2 heterocycles. The number of nitrogens with zero attached hydrogens (tertiary/aromatic N) is 3. The zero-order chi connectivity index (χ0) is 11.2. The first-order valence-corrected chi connectivity index (χ1v) is 6.30. The summed E-state index contributed by atoms with van der Waals surface area (Å²) in [4.78, 5) is 4.44. The van der Waals surface area contributed by atoms with Crippen LogP contribution in [0.1, 0.15) is 25.6 Å². The highest BCUT2D eigenvalue weighted by atomic mass is 79.9. The van der Waals surface area contributed by atoms with Crippen LogP contribution in [-0.2, 0) is 0 Å². The van der Waals surface area contributed by atoms with E-state index in [1.807, 2.05) is 17.7 Å². The molecule has 0 fully saturated rings. The van der Waals surface area contributed by atoms with E-state index in [-0.39, 0.29) is 0 Å². The molecule has 2 rings (SSSR count). The predicted octanol–water partition coefficient (Wildman–Crippen LogP) is 3.85. The summed E-state index contributed by atoms with van der Waals surface area (Å²) in [5, 5.41) is 4.49. The average molecular weight is 333 g/mol. The van der Waals surface area contributed by atoms with Gasteiger partial charge in [-0.05, 0) is 58.7 Å². The highest BCUT2D eigenvalue weighted by molar-refractivity contribution is 9.11. The molecule has 0 spiro atoms. The lowest BCUT2D eigenvalue weighted by Gasteiger charge is -2.07. The third kappa shape index (κ3) is 1.83. The first-order chi connectivity index (χ1) is 7.00. The fourth-order valence-electron chi connectivity index (χ4n) is 1.58. The van der Waals surface area contributed by atoms with Crippen LogP contribution in [0.15, 0.2) is 15.1 Å². The van der Waals surface area contributed by atoms with Gasteiger partial charge in [0.05, 0.1) is 5.69 Å². The molecule has 0 aliphatic rings. The monoisotopic (exact) mass is 331 g/mol. The Morgan fingerprint density at radius 2 is 2.00 bits per heavy atom. The van der Waals surface area contributed by atoms with Crippen LogP contribution in [0.5, 0.6) is 0 Å². The Morgan fingerprint density at radius 3 is 2.60 bits per heavy atom. The second-order valence-corrected chi connectivity index (χ2v) is 5.41. The van der Waals surface area contributed by atoms with Gasteiger partial charge in [0.1, 0.15) is 15.6 Å². The van der Waals surface area contributed by atoms with E-state index in [4.69, 9.17) is 0 Å². The van der Waals surface area contributed by atoms with E-state index in [9.17, 15) is 0 Å². The summed E-state index contributed by atoms with van der Waals surface area (Å²) < 4.78 is 3.84. The standard InChI is InChI=1S/C10H11Br2N3/c1-5(2)15-10-7(11)4-8(12)13-9(10)6(3)14-15/h4-5H,1-3H3. The lowest BCUT2D eigenvalue weighted by molar-refractivity contribution is 0.546. The number of rotatable bonds is 1. The van der Waals surface area contributed by atoms with Crippen LogP contribution in [0, 0.1) is 6.92 Å². The van der Waals surface area contributed by atoms with E-state index in [0.29, 0.717) is 6.04 Å². The van der Waals surface area contributed by atoms with E-state index < -0.39 is 0 Å². The molecule has 0 aliphatic heterocycles. The van der Waals surface area contributed by atoms with E-state index in [0.717, 1.165) is 25.8 Å². The van der Waals surface area contributed by atoms with Crippen molar-refractivity contribution in [2.45, 2.75) is 26.8 Å². The second-order valence-electron chi connectivity index (χ2n) is 3.75. The Morgan fingerprint density at radius 1 is 1.33 bits per heavy atom. The maximum Gasteiger partial charge on any atom is 0.114 e. The SMILES string of the molecule is Cc1nn(C(C)C)c2c(Br)cc(Br)nc12. The molecule has 5 heteroatoms. The summed E-state index contributed by atoms with van der Waals surface area (Å²) in [6.45, 7) is 6.20. The maximum atomic E-state index is 4.49. The number of halogens is 2. The molecule has 0 radical (unpaired) electrons. The van der Waals surface area contributed by atoms with Gasteiger partial charge in [-0.1, -0.05) is 0 Å². The number of fused-ring (bicyclic) bond motifs is 1. The molecular formula is C10H11Br2N3. The van der Waals surface area contributed by atoms with Crippen molar-refractivity contribution in [2.75, 3.05) is 0 Å². The van der Waals surface area contributed by atoms with Crippen molar-refractivity contribution in [3.8, 4) is 0 Å². The Kier molecular flexibility index (Phi) is 2.85. The average Bonchev–Trinajstić information content (AvgIpc) is 2.44. The highest BCUT2D eigenvalue weighted by Crippen LogP contribution is 2.29. The van der Waals surface area contributed by atoms with Gasteiger partial charge >= 0.3 is 0 Å². The lowest BCUT2D eigenvalue weighted by Crippen LogP contribution is -2.03. The molecule has 2 aromatic heterocycles. The summed E-state index contributed by atoms with van der Waals surface area (Å²) in [5.74, 6) is 0.